The molecule has 4 aromatic rings. The van der Waals surface area contributed by atoms with E-state index in [0.717, 1.165) is 55.9 Å². The van der Waals surface area contributed by atoms with Crippen LogP contribution < -0.4 is 16.0 Å². The number of benzene rings is 3. The SMILES string of the molecule is C1=CC2=C3/C=C4N=C(/C=c5\[nH]/c(c6ccccc56)=C\C5=NC(=C\C(N3)C2C=C1)/c1ccccc15)c1ccccc1\4. The summed E-state index contributed by atoms with van der Waals surface area (Å²) < 4.78 is 0. The highest BCUT2D eigenvalue weighted by Crippen LogP contribution is 2.38. The molecular formula is C36H24N4. The predicted molar refractivity (Wildman–Crippen MR) is 164 cm³/mol. The summed E-state index contributed by atoms with van der Waals surface area (Å²) in [6, 6.07) is 25.7. The Balaban J connectivity index is 1.38. The normalized spacial score (nSPS) is 25.7. The zero-order chi connectivity index (χ0) is 26.2. The molecule has 5 heterocycles. The number of hydrogen-bond acceptors (Lipinski definition) is 3. The van der Waals surface area contributed by atoms with Crippen molar-refractivity contribution in [2.45, 2.75) is 6.04 Å². The minimum Gasteiger partial charge on any atom is -0.378 e. The molecule has 0 saturated carbocycles. The number of H-pyrrole nitrogens is 1. The van der Waals surface area contributed by atoms with Crippen molar-refractivity contribution in [1.82, 2.24) is 10.3 Å². The van der Waals surface area contributed by atoms with Crippen molar-refractivity contribution in [2.24, 2.45) is 15.9 Å². The largest absolute Gasteiger partial charge is 0.378 e. The minimum atomic E-state index is 0.0895. The van der Waals surface area contributed by atoms with Gasteiger partial charge in [0.05, 0.1) is 28.9 Å². The Hall–Kier alpha value is -5.22. The van der Waals surface area contributed by atoms with Crippen LogP contribution in [0.3, 0.4) is 0 Å². The van der Waals surface area contributed by atoms with Gasteiger partial charge in [-0.05, 0) is 29.9 Å². The van der Waals surface area contributed by atoms with Gasteiger partial charge in [-0.25, -0.2) is 9.98 Å². The third-order valence-electron chi connectivity index (χ3n) is 8.48. The second-order valence-electron chi connectivity index (χ2n) is 10.8. The average Bonchev–Trinajstić information content (AvgIpc) is 3.73. The smallest absolute Gasteiger partial charge is 0.0737 e. The highest BCUT2D eigenvalue weighted by molar-refractivity contribution is 6.28. The molecule has 188 valence electrons. The molecule has 4 aliphatic heterocycles. The van der Waals surface area contributed by atoms with E-state index in [1.807, 2.05) is 0 Å². The molecule has 0 radical (unpaired) electrons. The number of nitrogens with zero attached hydrogens (tertiary/aromatic N) is 2. The van der Waals surface area contributed by atoms with Crippen molar-refractivity contribution in [1.29, 1.82) is 0 Å². The number of nitrogens with one attached hydrogen (secondary N) is 2. The lowest BCUT2D eigenvalue weighted by atomic mass is 9.89. The summed E-state index contributed by atoms with van der Waals surface area (Å²) in [5, 5.41) is 8.28. The van der Waals surface area contributed by atoms with Gasteiger partial charge in [0.1, 0.15) is 0 Å². The summed E-state index contributed by atoms with van der Waals surface area (Å²) in [4.78, 5) is 14.1. The van der Waals surface area contributed by atoms with E-state index in [2.05, 4.69) is 132 Å². The number of aliphatic imine (C=N–C) groups is 2. The number of rotatable bonds is 0. The van der Waals surface area contributed by atoms with Gasteiger partial charge in [0.25, 0.3) is 0 Å². The van der Waals surface area contributed by atoms with Crippen LogP contribution in [0.5, 0.6) is 0 Å². The molecule has 0 saturated heterocycles. The molecule has 9 rings (SSSR count). The number of aromatic nitrogens is 1. The van der Waals surface area contributed by atoms with E-state index in [9.17, 15) is 0 Å². The zero-order valence-corrected chi connectivity index (χ0v) is 21.6. The molecule has 0 fully saturated rings. The summed E-state index contributed by atoms with van der Waals surface area (Å²) in [7, 11) is 0. The zero-order valence-electron chi connectivity index (χ0n) is 21.6. The van der Waals surface area contributed by atoms with Crippen LogP contribution in [0.4, 0.5) is 0 Å². The summed E-state index contributed by atoms with van der Waals surface area (Å²) in [6.45, 7) is 0. The Morgan fingerprint density at radius 1 is 0.600 bits per heavy atom. The van der Waals surface area contributed by atoms with E-state index in [4.69, 9.17) is 9.98 Å². The molecule has 4 nitrogen and oxygen atoms in total. The van der Waals surface area contributed by atoms with E-state index in [0.29, 0.717) is 0 Å². The van der Waals surface area contributed by atoms with Crippen LogP contribution >= 0.6 is 0 Å². The van der Waals surface area contributed by atoms with Crippen molar-refractivity contribution in [2.75, 3.05) is 0 Å². The van der Waals surface area contributed by atoms with Crippen LogP contribution in [0.2, 0.25) is 0 Å². The fourth-order valence-corrected chi connectivity index (χ4v) is 6.62. The van der Waals surface area contributed by atoms with E-state index < -0.39 is 0 Å². The highest BCUT2D eigenvalue weighted by Gasteiger charge is 2.32. The maximum atomic E-state index is 5.21. The molecule has 1 aromatic heterocycles. The van der Waals surface area contributed by atoms with E-state index >= 15 is 0 Å². The number of aromatic amines is 1. The molecule has 8 bridgehead atoms. The van der Waals surface area contributed by atoms with E-state index in [-0.39, 0.29) is 12.0 Å². The molecule has 2 unspecified atom stereocenters. The quantitative estimate of drug-likeness (QED) is 0.326. The van der Waals surface area contributed by atoms with Crippen LogP contribution in [0.25, 0.3) is 34.3 Å². The molecule has 5 aliphatic rings. The third kappa shape index (κ3) is 3.13. The monoisotopic (exact) mass is 512 g/mol. The van der Waals surface area contributed by atoms with Gasteiger partial charge < -0.3 is 10.3 Å². The molecule has 2 atom stereocenters. The van der Waals surface area contributed by atoms with Crippen molar-refractivity contribution < 1.29 is 0 Å². The molecule has 4 heteroatoms. The first kappa shape index (κ1) is 21.7. The van der Waals surface area contributed by atoms with Crippen LogP contribution in [0.1, 0.15) is 22.3 Å². The van der Waals surface area contributed by atoms with Crippen LogP contribution in [0, 0.1) is 5.92 Å². The van der Waals surface area contributed by atoms with Gasteiger partial charge in [0.15, 0.2) is 0 Å². The molecule has 40 heavy (non-hydrogen) atoms. The molecule has 2 N–H and O–H groups in total. The fraction of sp³-hybridized carbons (Fsp3) is 0.0556. The summed E-state index contributed by atoms with van der Waals surface area (Å²) in [5.41, 5.74) is 11.0. The standard InChI is InChI=1S/C36H24N4/c1-2-10-22-21(9-1)29-17-31-23-11-3-4-12-24(23)33(38-31)19-35-27-15-7-8-16-28(27)36(40-35)20-34-26-14-6-5-13-25(26)32(39-34)18-30(22)37-29/h1-21,29,37,40H/b31-17-,32-18-,35-19-,36-20-. The lowest BCUT2D eigenvalue weighted by Gasteiger charge is -2.17. The predicted octanol–water partition coefficient (Wildman–Crippen LogP) is 5.40. The van der Waals surface area contributed by atoms with Gasteiger partial charge in [-0.15, -0.1) is 0 Å². The first-order valence-corrected chi connectivity index (χ1v) is 13.8. The van der Waals surface area contributed by atoms with Gasteiger partial charge >= 0.3 is 0 Å². The maximum Gasteiger partial charge on any atom is 0.0737 e. The van der Waals surface area contributed by atoms with Gasteiger partial charge in [-0.1, -0.05) is 97.1 Å². The first-order valence-electron chi connectivity index (χ1n) is 13.8. The average molecular weight is 513 g/mol. The Morgan fingerprint density at radius 3 is 1.90 bits per heavy atom. The van der Waals surface area contributed by atoms with Crippen molar-refractivity contribution in [3.05, 3.63) is 153 Å². The minimum absolute atomic E-state index is 0.0895. The number of hydrogen-bond donors (Lipinski definition) is 2. The molecule has 1 aliphatic carbocycles. The summed E-state index contributed by atoms with van der Waals surface area (Å²) in [5.74, 6) is 0.233. The second kappa shape index (κ2) is 8.14. The second-order valence-corrected chi connectivity index (χ2v) is 10.8. The van der Waals surface area contributed by atoms with E-state index in [1.165, 1.54) is 21.9 Å². The Labute approximate surface area is 231 Å². The van der Waals surface area contributed by atoms with Crippen LogP contribution in [-0.2, 0) is 0 Å². The lowest BCUT2D eigenvalue weighted by molar-refractivity contribution is 0.638. The maximum absolute atomic E-state index is 5.21. The third-order valence-corrected chi connectivity index (χ3v) is 8.48. The van der Waals surface area contributed by atoms with Crippen LogP contribution in [0.15, 0.2) is 131 Å². The van der Waals surface area contributed by atoms with Crippen molar-refractivity contribution in [3.8, 4) is 0 Å². The van der Waals surface area contributed by atoms with Crippen molar-refractivity contribution >= 4 is 45.7 Å². The fourth-order valence-electron chi connectivity index (χ4n) is 6.62. The van der Waals surface area contributed by atoms with Gasteiger partial charge in [-0.2, -0.15) is 0 Å². The number of allylic oxidation sites excluding steroid dienone is 4. The molecule has 0 amide bonds. The Morgan fingerprint density at radius 2 is 1.20 bits per heavy atom. The van der Waals surface area contributed by atoms with E-state index in [1.54, 1.807) is 0 Å². The van der Waals surface area contributed by atoms with Crippen molar-refractivity contribution in [3.63, 3.8) is 0 Å². The van der Waals surface area contributed by atoms with Gasteiger partial charge in [0.2, 0.25) is 0 Å². The Bertz CT molecular complexity index is 2140. The molecule has 0 spiro atoms. The van der Waals surface area contributed by atoms with Gasteiger partial charge in [0, 0.05) is 55.3 Å². The van der Waals surface area contributed by atoms with Crippen LogP contribution in [-0.4, -0.2) is 22.4 Å². The summed E-state index contributed by atoms with van der Waals surface area (Å²) in [6.07, 6.45) is 17.7. The topological polar surface area (TPSA) is 52.5 Å². The Kier molecular flexibility index (Phi) is 4.41. The lowest BCUT2D eigenvalue weighted by Crippen LogP contribution is -2.26. The molecular weight excluding hydrogens is 488 g/mol. The summed E-state index contributed by atoms with van der Waals surface area (Å²) >= 11 is 0. The van der Waals surface area contributed by atoms with Gasteiger partial charge in [-0.3, -0.25) is 0 Å². The first-order chi connectivity index (χ1) is 19.8. The number of fused-ring (bicyclic) bond motifs is 17. The highest BCUT2D eigenvalue weighted by atomic mass is 15.0. The molecule has 3 aromatic carbocycles.